The first kappa shape index (κ1) is 43.9. The number of hydrogen-bond acceptors (Lipinski definition) is 4. The summed E-state index contributed by atoms with van der Waals surface area (Å²) in [4.78, 5) is 15.5. The molecule has 0 radical (unpaired) electrons. The van der Waals surface area contributed by atoms with Gasteiger partial charge in [-0.1, -0.05) is 127 Å². The van der Waals surface area contributed by atoms with Crippen LogP contribution in [-0.2, 0) is 12.4 Å². The number of nitriles is 1. The van der Waals surface area contributed by atoms with Gasteiger partial charge in [0.1, 0.15) is 0 Å². The fourth-order valence-corrected chi connectivity index (χ4v) is 9.79. The van der Waals surface area contributed by atoms with E-state index in [1.165, 1.54) is 24.3 Å². The smallest absolute Gasteiger partial charge is 0.309 e. The lowest BCUT2D eigenvalue weighted by atomic mass is 9.92. The molecule has 72 heavy (non-hydrogen) atoms. The molecule has 0 saturated carbocycles. The summed E-state index contributed by atoms with van der Waals surface area (Å²) in [6.45, 7) is 0. The van der Waals surface area contributed by atoms with Crippen molar-refractivity contribution in [2.24, 2.45) is 0 Å². The second kappa shape index (κ2) is 17.0. The number of alkyl halides is 6. The van der Waals surface area contributed by atoms with Crippen LogP contribution < -0.4 is 0 Å². The second-order valence-corrected chi connectivity index (χ2v) is 17.3. The van der Waals surface area contributed by atoms with E-state index in [0.29, 0.717) is 100 Å². The van der Waals surface area contributed by atoms with Crippen LogP contribution in [0.2, 0.25) is 0 Å². The number of aromatic nitrogens is 5. The van der Waals surface area contributed by atoms with E-state index >= 15 is 0 Å². The average molecular weight is 953 g/mol. The Morgan fingerprint density at radius 2 is 0.833 bits per heavy atom. The van der Waals surface area contributed by atoms with E-state index in [4.69, 9.17) is 15.0 Å². The van der Waals surface area contributed by atoms with Crippen molar-refractivity contribution in [2.75, 3.05) is 0 Å². The first-order valence-electron chi connectivity index (χ1n) is 22.8. The molecule has 0 N–H and O–H groups in total. The normalized spacial score (nSPS) is 12.0. The summed E-state index contributed by atoms with van der Waals surface area (Å²) in [6.07, 6.45) is -9.20. The predicted octanol–water partition coefficient (Wildman–Crippen LogP) is 16.3. The van der Waals surface area contributed by atoms with Gasteiger partial charge in [-0.3, -0.25) is 0 Å². The van der Waals surface area contributed by atoms with Crippen LogP contribution in [0.25, 0.3) is 111 Å². The maximum absolute atomic E-state index is 14.4. The summed E-state index contributed by atoms with van der Waals surface area (Å²) in [5, 5.41) is 11.7. The van der Waals surface area contributed by atoms with Crippen LogP contribution in [0.1, 0.15) is 16.7 Å². The Morgan fingerprint density at radius 3 is 1.36 bits per heavy atom. The van der Waals surface area contributed by atoms with Gasteiger partial charge in [0.05, 0.1) is 61.8 Å². The lowest BCUT2D eigenvalue weighted by molar-refractivity contribution is -0.138. The molecule has 0 spiro atoms. The van der Waals surface area contributed by atoms with Gasteiger partial charge in [0.2, 0.25) is 0 Å². The number of fused-ring (bicyclic) bond motifs is 6. The molecule has 9 aromatic carbocycles. The topological polar surface area (TPSA) is 72.3 Å². The number of rotatable bonds is 7. The molecular weight excluding hydrogens is 919 g/mol. The Balaban J connectivity index is 1.24. The zero-order chi connectivity index (χ0) is 49.3. The van der Waals surface area contributed by atoms with Gasteiger partial charge in [-0.15, -0.1) is 0 Å². The number of hydrogen-bond donors (Lipinski definition) is 0. The number of nitrogens with zero attached hydrogens (tertiary/aromatic N) is 6. The van der Waals surface area contributed by atoms with Gasteiger partial charge < -0.3 is 9.13 Å². The van der Waals surface area contributed by atoms with E-state index in [0.717, 1.165) is 23.3 Å². The lowest BCUT2D eigenvalue weighted by Gasteiger charge is -2.21. The van der Waals surface area contributed by atoms with Gasteiger partial charge >= 0.3 is 12.4 Å². The number of benzene rings is 9. The molecule has 12 heteroatoms. The molecular formula is C60H34F6N6. The number of para-hydroxylation sites is 2. The molecule has 12 aromatic rings. The summed E-state index contributed by atoms with van der Waals surface area (Å²) in [5.74, 6) is 0.983. The van der Waals surface area contributed by atoms with Gasteiger partial charge in [-0.2, -0.15) is 31.6 Å². The highest BCUT2D eigenvalue weighted by molar-refractivity contribution is 6.12. The molecule has 0 aliphatic rings. The molecule has 0 fully saturated rings. The SMILES string of the molecule is N#Cc1ccc(-c2ccc(-n3c4ccccc4c4cc(C(F)(F)F)ccc43)c(-c3cccc(-n4c5ccccc5c5cc(C(F)(F)F)ccc54)c3-c3nc(-c4ccccc4)nc(-c4ccccc4)n3)c2)cc1. The third kappa shape index (κ3) is 7.50. The fourth-order valence-electron chi connectivity index (χ4n) is 9.79. The van der Waals surface area contributed by atoms with E-state index in [1.807, 2.05) is 143 Å². The van der Waals surface area contributed by atoms with E-state index in [2.05, 4.69) is 6.07 Å². The molecule has 346 valence electrons. The van der Waals surface area contributed by atoms with Gasteiger partial charge in [-0.25, -0.2) is 15.0 Å². The minimum Gasteiger partial charge on any atom is -0.309 e. The van der Waals surface area contributed by atoms with Crippen LogP contribution >= 0.6 is 0 Å². The molecule has 0 amide bonds. The minimum absolute atomic E-state index is 0.248. The third-order valence-electron chi connectivity index (χ3n) is 13.1. The lowest BCUT2D eigenvalue weighted by Crippen LogP contribution is -2.07. The van der Waals surface area contributed by atoms with Crippen LogP contribution in [0.3, 0.4) is 0 Å². The van der Waals surface area contributed by atoms with E-state index < -0.39 is 23.5 Å². The van der Waals surface area contributed by atoms with Crippen LogP contribution in [-0.4, -0.2) is 24.1 Å². The molecule has 6 nitrogen and oxygen atoms in total. The van der Waals surface area contributed by atoms with E-state index in [9.17, 15) is 31.6 Å². The van der Waals surface area contributed by atoms with Gasteiger partial charge in [0.15, 0.2) is 17.5 Å². The Labute approximate surface area is 407 Å². The quantitative estimate of drug-likeness (QED) is 0.149. The monoisotopic (exact) mass is 952 g/mol. The van der Waals surface area contributed by atoms with Crippen molar-refractivity contribution in [1.82, 2.24) is 24.1 Å². The minimum atomic E-state index is -4.60. The predicted molar refractivity (Wildman–Crippen MR) is 270 cm³/mol. The van der Waals surface area contributed by atoms with Crippen molar-refractivity contribution >= 4 is 43.6 Å². The van der Waals surface area contributed by atoms with Crippen LogP contribution in [0.4, 0.5) is 26.3 Å². The van der Waals surface area contributed by atoms with Crippen LogP contribution in [0, 0.1) is 11.3 Å². The van der Waals surface area contributed by atoms with E-state index in [-0.39, 0.29) is 5.82 Å². The summed E-state index contributed by atoms with van der Waals surface area (Å²) < 4.78 is 90.4. The first-order chi connectivity index (χ1) is 34.9. The Hall–Kier alpha value is -9.34. The maximum Gasteiger partial charge on any atom is 0.416 e. The van der Waals surface area contributed by atoms with Crippen molar-refractivity contribution in [1.29, 1.82) is 5.26 Å². The molecule has 0 atom stereocenters. The van der Waals surface area contributed by atoms with Crippen molar-refractivity contribution in [2.45, 2.75) is 12.4 Å². The van der Waals surface area contributed by atoms with E-state index in [1.54, 1.807) is 36.4 Å². The maximum atomic E-state index is 14.4. The summed E-state index contributed by atoms with van der Waals surface area (Å²) in [7, 11) is 0. The molecule has 12 rings (SSSR count). The second-order valence-electron chi connectivity index (χ2n) is 17.3. The van der Waals surface area contributed by atoms with Crippen molar-refractivity contribution < 1.29 is 26.3 Å². The molecule has 0 aliphatic heterocycles. The van der Waals surface area contributed by atoms with Crippen molar-refractivity contribution in [3.8, 4) is 73.9 Å². The molecule has 0 saturated heterocycles. The zero-order valence-electron chi connectivity index (χ0n) is 37.6. The molecule has 3 heterocycles. The summed E-state index contributed by atoms with van der Waals surface area (Å²) in [6, 6.07) is 61.9. The molecule has 0 aliphatic carbocycles. The molecule has 3 aromatic heterocycles. The Morgan fingerprint density at radius 1 is 0.361 bits per heavy atom. The van der Waals surface area contributed by atoms with Gasteiger partial charge in [-0.05, 0) is 95.6 Å². The van der Waals surface area contributed by atoms with Gasteiger partial charge in [0.25, 0.3) is 0 Å². The average Bonchev–Trinajstić information content (AvgIpc) is 3.92. The van der Waals surface area contributed by atoms with Crippen LogP contribution in [0.15, 0.2) is 206 Å². The van der Waals surface area contributed by atoms with Crippen LogP contribution in [0.5, 0.6) is 0 Å². The Bertz CT molecular complexity index is 4070. The highest BCUT2D eigenvalue weighted by Gasteiger charge is 2.33. The first-order valence-corrected chi connectivity index (χ1v) is 22.8. The highest BCUT2D eigenvalue weighted by Crippen LogP contribution is 2.46. The molecule has 0 unspecified atom stereocenters. The third-order valence-corrected chi connectivity index (χ3v) is 13.1. The standard InChI is InChI=1S/C60H34F6N6/c61-59(62,63)41-27-30-52-47(33-41)43-16-7-9-19-49(43)71(52)51-29-26-40(37-24-22-36(35-67)23-25-37)32-46(51)45-18-11-21-54(72-50-20-10-8-17-44(50)48-34-42(60(64,65)66)28-31-53(48)72)55(45)58-69-56(38-12-3-1-4-13-38)68-57(70-58)39-14-5-2-6-15-39/h1-34H. The zero-order valence-corrected chi connectivity index (χ0v) is 37.6. The molecule has 0 bridgehead atoms. The fraction of sp³-hybridized carbons (Fsp3) is 0.0333. The Kier molecular flexibility index (Phi) is 10.3. The summed E-state index contributed by atoms with van der Waals surface area (Å²) in [5.41, 5.74) is 7.02. The van der Waals surface area contributed by atoms with Crippen molar-refractivity contribution in [3.63, 3.8) is 0 Å². The number of halogens is 6. The van der Waals surface area contributed by atoms with Crippen molar-refractivity contribution in [3.05, 3.63) is 223 Å². The van der Waals surface area contributed by atoms with Gasteiger partial charge in [0, 0.05) is 38.2 Å². The summed E-state index contributed by atoms with van der Waals surface area (Å²) >= 11 is 0. The largest absolute Gasteiger partial charge is 0.416 e. The highest BCUT2D eigenvalue weighted by atomic mass is 19.4.